The fourth-order valence-electron chi connectivity index (χ4n) is 1.51. The molecule has 0 aromatic carbocycles. The van der Waals surface area contributed by atoms with E-state index in [1.54, 1.807) is 13.0 Å². The first-order chi connectivity index (χ1) is 8.48. The van der Waals surface area contributed by atoms with Crippen molar-refractivity contribution in [1.82, 2.24) is 5.32 Å². The number of rotatable bonds is 4. The molecule has 98 valence electrons. The minimum atomic E-state index is -0.796. The number of halogens is 2. The fraction of sp³-hybridized carbons (Fsp3) is 0.455. The van der Waals surface area contributed by atoms with Crippen LogP contribution in [0.2, 0.25) is 0 Å². The van der Waals surface area contributed by atoms with Crippen LogP contribution in [0.25, 0.3) is 0 Å². The summed E-state index contributed by atoms with van der Waals surface area (Å²) in [5.41, 5.74) is -0.796. The molecule has 1 amide bonds. The van der Waals surface area contributed by atoms with E-state index in [2.05, 4.69) is 37.2 Å². The minimum Gasteiger partial charge on any atom is -0.464 e. The number of esters is 1. The van der Waals surface area contributed by atoms with Gasteiger partial charge in [-0.15, -0.1) is 11.3 Å². The van der Waals surface area contributed by atoms with E-state index in [0.29, 0.717) is 24.3 Å². The monoisotopic (exact) mass is 395 g/mol. The van der Waals surface area contributed by atoms with Gasteiger partial charge in [0.25, 0.3) is 5.91 Å². The molecular weight excluding hydrogens is 386 g/mol. The summed E-state index contributed by atoms with van der Waals surface area (Å²) in [5, 5.41) is 2.76. The van der Waals surface area contributed by atoms with E-state index >= 15 is 0 Å². The maximum atomic E-state index is 12.0. The molecule has 1 aromatic rings. The van der Waals surface area contributed by atoms with Gasteiger partial charge in [-0.1, -0.05) is 0 Å². The smallest absolute Gasteiger partial charge is 0.331 e. The summed E-state index contributed by atoms with van der Waals surface area (Å²) in [6.07, 6.45) is 1.29. The molecule has 1 saturated carbocycles. The van der Waals surface area contributed by atoms with Gasteiger partial charge in [0.1, 0.15) is 5.54 Å². The van der Waals surface area contributed by atoms with E-state index in [9.17, 15) is 9.59 Å². The quantitative estimate of drug-likeness (QED) is 0.795. The Morgan fingerprint density at radius 2 is 2.17 bits per heavy atom. The Hall–Kier alpha value is -0.400. The van der Waals surface area contributed by atoms with Crippen LogP contribution in [0.3, 0.4) is 0 Å². The van der Waals surface area contributed by atoms with Crippen LogP contribution >= 0.6 is 43.2 Å². The highest BCUT2D eigenvalue weighted by atomic mass is 79.9. The van der Waals surface area contributed by atoms with Crippen LogP contribution < -0.4 is 5.32 Å². The van der Waals surface area contributed by atoms with E-state index in [4.69, 9.17) is 4.74 Å². The second-order valence-electron chi connectivity index (χ2n) is 3.99. The standard InChI is InChI=1S/C11H11Br2NO3S/c1-2-17-10(16)11(3-4-11)14-9(15)7-5-6(12)8(13)18-7/h5H,2-4H2,1H3,(H,14,15). The van der Waals surface area contributed by atoms with Crippen molar-refractivity contribution in [3.05, 3.63) is 19.2 Å². The second kappa shape index (κ2) is 5.30. The molecule has 0 spiro atoms. The average molecular weight is 397 g/mol. The van der Waals surface area contributed by atoms with Crippen LogP contribution in [0, 0.1) is 0 Å². The van der Waals surface area contributed by atoms with Crippen molar-refractivity contribution in [2.75, 3.05) is 6.61 Å². The van der Waals surface area contributed by atoms with Crippen molar-refractivity contribution in [3.8, 4) is 0 Å². The largest absolute Gasteiger partial charge is 0.464 e. The van der Waals surface area contributed by atoms with Gasteiger partial charge in [-0.05, 0) is 57.7 Å². The third kappa shape index (κ3) is 2.78. The van der Waals surface area contributed by atoms with Crippen molar-refractivity contribution in [2.24, 2.45) is 0 Å². The minimum absolute atomic E-state index is 0.239. The van der Waals surface area contributed by atoms with Gasteiger partial charge in [0.05, 0.1) is 15.3 Å². The maximum Gasteiger partial charge on any atom is 0.331 e. The number of nitrogens with one attached hydrogen (secondary N) is 1. The molecule has 0 radical (unpaired) electrons. The highest BCUT2D eigenvalue weighted by Gasteiger charge is 2.52. The van der Waals surface area contributed by atoms with Gasteiger partial charge in [0.15, 0.2) is 0 Å². The van der Waals surface area contributed by atoms with Crippen molar-refractivity contribution in [3.63, 3.8) is 0 Å². The number of carbonyl (C=O) groups is 2. The first-order valence-corrected chi connectivity index (χ1v) is 7.83. The van der Waals surface area contributed by atoms with Crippen molar-refractivity contribution >= 4 is 55.1 Å². The van der Waals surface area contributed by atoms with Crippen molar-refractivity contribution in [1.29, 1.82) is 0 Å². The number of thiophene rings is 1. The van der Waals surface area contributed by atoms with E-state index in [1.807, 2.05) is 0 Å². The molecule has 0 saturated heterocycles. The first-order valence-electron chi connectivity index (χ1n) is 5.43. The van der Waals surface area contributed by atoms with Gasteiger partial charge in [-0.3, -0.25) is 4.79 Å². The molecule has 0 bridgehead atoms. The molecule has 1 aliphatic rings. The summed E-state index contributed by atoms with van der Waals surface area (Å²) in [6.45, 7) is 2.08. The molecule has 4 nitrogen and oxygen atoms in total. The third-order valence-corrected chi connectivity index (χ3v) is 5.89. The predicted octanol–water partition coefficient (Wildman–Crippen LogP) is 3.10. The van der Waals surface area contributed by atoms with Gasteiger partial charge in [-0.2, -0.15) is 0 Å². The van der Waals surface area contributed by atoms with E-state index in [0.717, 1.165) is 8.26 Å². The summed E-state index contributed by atoms with van der Waals surface area (Å²) in [6, 6.07) is 1.73. The molecule has 1 aromatic heterocycles. The second-order valence-corrected chi connectivity index (χ2v) is 7.21. The molecule has 7 heteroatoms. The molecule has 0 aliphatic heterocycles. The summed E-state index contributed by atoms with van der Waals surface area (Å²) in [5.74, 6) is -0.579. The number of amides is 1. The number of ether oxygens (including phenoxy) is 1. The predicted molar refractivity (Wildman–Crippen MR) is 75.8 cm³/mol. The van der Waals surface area contributed by atoms with Gasteiger partial charge >= 0.3 is 5.97 Å². The highest BCUT2D eigenvalue weighted by Crippen LogP contribution is 2.38. The van der Waals surface area contributed by atoms with Gasteiger partial charge in [0, 0.05) is 4.47 Å². The lowest BCUT2D eigenvalue weighted by Gasteiger charge is -2.14. The Morgan fingerprint density at radius 1 is 1.50 bits per heavy atom. The van der Waals surface area contributed by atoms with Crippen LogP contribution in [0.15, 0.2) is 14.3 Å². The molecule has 0 atom stereocenters. The Labute approximate surface area is 125 Å². The summed E-state index contributed by atoms with van der Waals surface area (Å²) in [7, 11) is 0. The molecule has 1 aliphatic carbocycles. The Kier molecular flexibility index (Phi) is 4.13. The third-order valence-electron chi connectivity index (χ3n) is 2.64. The molecular formula is C11H11Br2NO3S. The SMILES string of the molecule is CCOC(=O)C1(NC(=O)c2cc(Br)c(Br)s2)CC1. The number of hydrogen-bond donors (Lipinski definition) is 1. The summed E-state index contributed by atoms with van der Waals surface area (Å²) < 4.78 is 6.65. The molecule has 1 heterocycles. The zero-order chi connectivity index (χ0) is 13.3. The number of hydrogen-bond acceptors (Lipinski definition) is 4. The topological polar surface area (TPSA) is 55.4 Å². The van der Waals surface area contributed by atoms with Crippen LogP contribution in [-0.4, -0.2) is 24.0 Å². The van der Waals surface area contributed by atoms with Gasteiger partial charge < -0.3 is 10.1 Å². The zero-order valence-corrected chi connectivity index (χ0v) is 13.6. The van der Waals surface area contributed by atoms with Crippen LogP contribution in [0.4, 0.5) is 0 Å². The van der Waals surface area contributed by atoms with Crippen LogP contribution in [0.5, 0.6) is 0 Å². The summed E-state index contributed by atoms with van der Waals surface area (Å²) >= 11 is 7.98. The first kappa shape index (κ1) is 14.0. The Balaban J connectivity index is 2.06. The lowest BCUT2D eigenvalue weighted by atomic mass is 10.2. The molecule has 1 fully saturated rings. The molecule has 1 N–H and O–H groups in total. The lowest BCUT2D eigenvalue weighted by Crippen LogP contribution is -2.43. The van der Waals surface area contributed by atoms with Gasteiger partial charge in [0.2, 0.25) is 0 Å². The average Bonchev–Trinajstić information content (AvgIpc) is 3.01. The fourth-order valence-corrected chi connectivity index (χ4v) is 3.44. The molecule has 18 heavy (non-hydrogen) atoms. The number of carbonyl (C=O) groups excluding carboxylic acids is 2. The van der Waals surface area contributed by atoms with Gasteiger partial charge in [-0.25, -0.2) is 4.79 Å². The van der Waals surface area contributed by atoms with E-state index in [1.165, 1.54) is 11.3 Å². The van der Waals surface area contributed by atoms with E-state index in [-0.39, 0.29) is 11.9 Å². The Morgan fingerprint density at radius 3 is 2.61 bits per heavy atom. The van der Waals surface area contributed by atoms with Crippen LogP contribution in [0.1, 0.15) is 29.4 Å². The molecule has 0 unspecified atom stereocenters. The van der Waals surface area contributed by atoms with Crippen LogP contribution in [-0.2, 0) is 9.53 Å². The zero-order valence-electron chi connectivity index (χ0n) is 9.59. The normalized spacial score (nSPS) is 16.2. The van der Waals surface area contributed by atoms with Crippen molar-refractivity contribution < 1.29 is 14.3 Å². The molecule has 2 rings (SSSR count). The maximum absolute atomic E-state index is 12.0. The Bertz CT molecular complexity index is 477. The summed E-state index contributed by atoms with van der Waals surface area (Å²) in [4.78, 5) is 24.3. The van der Waals surface area contributed by atoms with Crippen molar-refractivity contribution in [2.45, 2.75) is 25.3 Å². The van der Waals surface area contributed by atoms with E-state index < -0.39 is 5.54 Å². The highest BCUT2D eigenvalue weighted by molar-refractivity contribution is 9.13. The lowest BCUT2D eigenvalue weighted by molar-refractivity contribution is -0.146.